The molecule has 10 heteroatoms. The molecule has 29 heavy (non-hydrogen) atoms. The molecule has 2 aromatic carbocycles. The lowest BCUT2D eigenvalue weighted by atomic mass is 10.2. The van der Waals surface area contributed by atoms with E-state index in [4.69, 9.17) is 23.8 Å². The highest BCUT2D eigenvalue weighted by molar-refractivity contribution is 8.26. The van der Waals surface area contributed by atoms with Gasteiger partial charge in [0.15, 0.2) is 5.52 Å². The predicted molar refractivity (Wildman–Crippen MR) is 116 cm³/mol. The molecule has 0 unspecified atom stereocenters. The van der Waals surface area contributed by atoms with E-state index in [-0.39, 0.29) is 24.8 Å². The molecular weight excluding hydrogens is 432 g/mol. The van der Waals surface area contributed by atoms with Gasteiger partial charge < -0.3 is 5.32 Å². The molecule has 0 bridgehead atoms. The highest BCUT2D eigenvalue weighted by Gasteiger charge is 2.32. The molecule has 146 valence electrons. The van der Waals surface area contributed by atoms with Crippen molar-refractivity contribution in [2.45, 2.75) is 6.42 Å². The molecule has 1 N–H and O–H groups in total. The number of carbonyl (C=O) groups is 2. The van der Waals surface area contributed by atoms with Gasteiger partial charge in [0, 0.05) is 18.0 Å². The zero-order valence-electron chi connectivity index (χ0n) is 14.8. The lowest BCUT2D eigenvalue weighted by molar-refractivity contribution is -0.122. The number of halogens is 1. The Morgan fingerprint density at radius 3 is 2.93 bits per heavy atom. The largest absolute Gasteiger partial charge is 0.324 e. The number of hydrogen-bond donors (Lipinski definition) is 1. The number of carbonyl (C=O) groups excluding carboxylic acids is 2. The van der Waals surface area contributed by atoms with Crippen LogP contribution in [-0.4, -0.2) is 37.9 Å². The number of rotatable bonds is 5. The van der Waals surface area contributed by atoms with Crippen LogP contribution in [0.2, 0.25) is 5.02 Å². The normalized spacial score (nSPS) is 15.5. The number of nitrogens with zero attached hydrogens (tertiary/aromatic N) is 3. The van der Waals surface area contributed by atoms with Crippen LogP contribution in [0.1, 0.15) is 12.0 Å². The summed E-state index contributed by atoms with van der Waals surface area (Å²) >= 11 is 12.5. The molecule has 1 aliphatic heterocycles. The molecule has 1 fully saturated rings. The van der Waals surface area contributed by atoms with Crippen LogP contribution in [0.4, 0.5) is 5.69 Å². The lowest BCUT2D eigenvalue weighted by Gasteiger charge is -2.14. The van der Waals surface area contributed by atoms with E-state index in [0.29, 0.717) is 31.0 Å². The minimum Gasteiger partial charge on any atom is -0.324 e. The van der Waals surface area contributed by atoms with Gasteiger partial charge in [-0.15, -0.1) is 0 Å². The molecule has 7 nitrogen and oxygen atoms in total. The summed E-state index contributed by atoms with van der Waals surface area (Å²) in [7, 11) is 0. The van der Waals surface area contributed by atoms with Crippen LogP contribution in [0.5, 0.6) is 0 Å². The highest BCUT2D eigenvalue weighted by atomic mass is 35.5. The summed E-state index contributed by atoms with van der Waals surface area (Å²) in [6.07, 6.45) is 1.82. The van der Waals surface area contributed by atoms with Gasteiger partial charge in [0.2, 0.25) is 5.91 Å². The molecule has 1 aliphatic rings. The van der Waals surface area contributed by atoms with Gasteiger partial charge >= 0.3 is 0 Å². The zero-order chi connectivity index (χ0) is 20.4. The molecule has 0 atom stereocenters. The third kappa shape index (κ3) is 4.31. The van der Waals surface area contributed by atoms with Crippen LogP contribution in [-0.2, 0) is 9.59 Å². The molecule has 4 rings (SSSR count). The zero-order valence-corrected chi connectivity index (χ0v) is 17.2. The van der Waals surface area contributed by atoms with Gasteiger partial charge in [-0.3, -0.25) is 14.5 Å². The van der Waals surface area contributed by atoms with E-state index in [9.17, 15) is 9.59 Å². The second-order valence-corrected chi connectivity index (χ2v) is 8.24. The summed E-state index contributed by atoms with van der Waals surface area (Å²) in [6.45, 7) is 0.177. The summed E-state index contributed by atoms with van der Waals surface area (Å²) in [4.78, 5) is 26.9. The van der Waals surface area contributed by atoms with Gasteiger partial charge in [0.25, 0.3) is 5.91 Å². The average molecular weight is 445 g/mol. The molecule has 0 saturated carbocycles. The number of thiocarbonyl (C=S) groups is 1. The van der Waals surface area contributed by atoms with Gasteiger partial charge in [-0.2, -0.15) is 0 Å². The van der Waals surface area contributed by atoms with E-state index in [1.807, 2.05) is 12.1 Å². The number of fused-ring (bicyclic) bond motifs is 1. The highest BCUT2D eigenvalue weighted by Crippen LogP contribution is 2.33. The van der Waals surface area contributed by atoms with Crippen LogP contribution < -0.4 is 5.32 Å². The van der Waals surface area contributed by atoms with Crippen molar-refractivity contribution < 1.29 is 14.2 Å². The van der Waals surface area contributed by atoms with E-state index >= 15 is 0 Å². The van der Waals surface area contributed by atoms with Crippen LogP contribution in [0.15, 0.2) is 52.0 Å². The Morgan fingerprint density at radius 1 is 1.28 bits per heavy atom. The van der Waals surface area contributed by atoms with Gasteiger partial charge in [0.05, 0.1) is 10.6 Å². The van der Waals surface area contributed by atoms with Crippen LogP contribution in [0.3, 0.4) is 0 Å². The van der Waals surface area contributed by atoms with Gasteiger partial charge in [0.1, 0.15) is 9.84 Å². The van der Waals surface area contributed by atoms with E-state index in [2.05, 4.69) is 20.3 Å². The number of nitrogens with one attached hydrogen (secondary N) is 1. The maximum absolute atomic E-state index is 12.7. The summed E-state index contributed by atoms with van der Waals surface area (Å²) in [5, 5.41) is 10.9. The Morgan fingerprint density at radius 2 is 2.10 bits per heavy atom. The Balaban J connectivity index is 1.40. The third-order valence-electron chi connectivity index (χ3n) is 4.14. The predicted octanol–water partition coefficient (Wildman–Crippen LogP) is 4.11. The van der Waals surface area contributed by atoms with Crippen molar-refractivity contribution in [3.63, 3.8) is 0 Å². The van der Waals surface area contributed by atoms with Crippen molar-refractivity contribution in [2.75, 3.05) is 11.9 Å². The number of hydrogen-bond acceptors (Lipinski definition) is 7. The second kappa shape index (κ2) is 8.32. The fraction of sp³-hybridized carbons (Fsp3) is 0.105. The Bertz CT molecular complexity index is 1160. The Hall–Kier alpha value is -2.75. The Kier molecular flexibility index (Phi) is 5.61. The molecule has 2 heterocycles. The van der Waals surface area contributed by atoms with Crippen molar-refractivity contribution in [1.29, 1.82) is 0 Å². The first-order valence-electron chi connectivity index (χ1n) is 8.53. The maximum atomic E-state index is 12.7. The molecule has 1 aromatic heterocycles. The van der Waals surface area contributed by atoms with E-state index in [1.165, 1.54) is 16.7 Å². The first-order chi connectivity index (χ1) is 14.0. The fourth-order valence-corrected chi connectivity index (χ4v) is 4.28. The summed E-state index contributed by atoms with van der Waals surface area (Å²) in [5.41, 5.74) is 2.33. The second-order valence-electron chi connectivity index (χ2n) is 6.12. The van der Waals surface area contributed by atoms with Crippen LogP contribution >= 0.6 is 35.6 Å². The number of amides is 2. The number of benzene rings is 2. The van der Waals surface area contributed by atoms with Crippen LogP contribution in [0.25, 0.3) is 17.1 Å². The molecule has 0 aliphatic carbocycles. The molecule has 0 spiro atoms. The van der Waals surface area contributed by atoms with Crippen LogP contribution in [0, 0.1) is 0 Å². The molecular formula is C19H13ClN4O3S2. The SMILES string of the molecule is O=C(CCN1C(=O)/C(=C/c2cccc(Cl)c2)SC1=S)Nc1cccc2nonc12. The van der Waals surface area contributed by atoms with Crippen molar-refractivity contribution in [2.24, 2.45) is 0 Å². The fourth-order valence-electron chi connectivity index (χ4n) is 2.77. The first kappa shape index (κ1) is 19.6. The average Bonchev–Trinajstić information content (AvgIpc) is 3.26. The first-order valence-corrected chi connectivity index (χ1v) is 10.1. The topological polar surface area (TPSA) is 88.3 Å². The van der Waals surface area contributed by atoms with Crippen molar-refractivity contribution in [1.82, 2.24) is 15.2 Å². The van der Waals surface area contributed by atoms with E-state index in [1.54, 1.807) is 36.4 Å². The third-order valence-corrected chi connectivity index (χ3v) is 5.76. The lowest BCUT2D eigenvalue weighted by Crippen LogP contribution is -2.31. The smallest absolute Gasteiger partial charge is 0.266 e. The molecule has 1 saturated heterocycles. The van der Waals surface area contributed by atoms with Crippen molar-refractivity contribution in [3.05, 3.63) is 58.0 Å². The molecule has 2 amide bonds. The standard InChI is InChI=1S/C19H13ClN4O3S2/c20-12-4-1-3-11(9-12)10-15-18(26)24(19(28)29-15)8-7-16(25)21-13-5-2-6-14-17(13)23-27-22-14/h1-6,9-10H,7-8H2,(H,21,25)/b15-10-. The minimum absolute atomic E-state index is 0.0819. The minimum atomic E-state index is -0.270. The van der Waals surface area contributed by atoms with Crippen molar-refractivity contribution in [3.8, 4) is 0 Å². The number of thioether (sulfide) groups is 1. The van der Waals surface area contributed by atoms with E-state index < -0.39 is 0 Å². The Labute approximate surface area is 180 Å². The quantitative estimate of drug-likeness (QED) is 0.468. The number of anilines is 1. The van der Waals surface area contributed by atoms with Gasteiger partial charge in [-0.1, -0.05) is 53.8 Å². The number of aromatic nitrogens is 2. The summed E-state index contributed by atoms with van der Waals surface area (Å²) in [5.74, 6) is -0.496. The monoisotopic (exact) mass is 444 g/mol. The van der Waals surface area contributed by atoms with E-state index in [0.717, 1.165) is 5.56 Å². The van der Waals surface area contributed by atoms with Gasteiger partial charge in [-0.25, -0.2) is 4.63 Å². The molecule has 3 aromatic rings. The van der Waals surface area contributed by atoms with Crippen molar-refractivity contribution >= 4 is 74.5 Å². The maximum Gasteiger partial charge on any atom is 0.266 e. The molecule has 0 radical (unpaired) electrons. The summed E-state index contributed by atoms with van der Waals surface area (Å²) < 4.78 is 5.10. The van der Waals surface area contributed by atoms with Gasteiger partial charge in [-0.05, 0) is 46.2 Å². The summed E-state index contributed by atoms with van der Waals surface area (Å²) in [6, 6.07) is 12.4.